The number of anilines is 1. The Morgan fingerprint density at radius 3 is 2.14 bits per heavy atom. The Kier molecular flexibility index (Phi) is 16.0. The molecule has 0 radical (unpaired) electrons. The van der Waals surface area contributed by atoms with E-state index in [4.69, 9.17) is 10.5 Å². The molecule has 1 saturated heterocycles. The average molecular weight is 507 g/mol. The van der Waals surface area contributed by atoms with Crippen molar-refractivity contribution in [1.82, 2.24) is 14.9 Å². The predicted molar refractivity (Wildman–Crippen MR) is 140 cm³/mol. The lowest BCUT2D eigenvalue weighted by Crippen LogP contribution is -2.33. The van der Waals surface area contributed by atoms with E-state index in [9.17, 15) is 18.0 Å². The van der Waals surface area contributed by atoms with Crippen molar-refractivity contribution >= 4 is 12.2 Å². The molecule has 9 heteroatoms. The first kappa shape index (κ1) is 32.4. The van der Waals surface area contributed by atoms with Gasteiger partial charge in [0.15, 0.2) is 0 Å². The zero-order valence-corrected chi connectivity index (χ0v) is 21.5. The van der Waals surface area contributed by atoms with E-state index in [0.717, 1.165) is 43.7 Å². The largest absolute Gasteiger partial charge is 0.439 e. The predicted octanol–water partition coefficient (Wildman–Crippen LogP) is 6.91. The van der Waals surface area contributed by atoms with Crippen LogP contribution in [-0.2, 0) is 4.79 Å². The molecule has 2 N–H and O–H groups in total. The number of piperidine rings is 1. The van der Waals surface area contributed by atoms with Crippen LogP contribution in [0.1, 0.15) is 39.3 Å². The van der Waals surface area contributed by atoms with Crippen molar-refractivity contribution < 1.29 is 22.7 Å². The Labute approximate surface area is 212 Å². The number of nitrogens with zero attached hydrogens (tertiary/aromatic N) is 3. The molecule has 6 nitrogen and oxygen atoms in total. The first-order valence-corrected chi connectivity index (χ1v) is 11.5. The molecule has 0 atom stereocenters. The van der Waals surface area contributed by atoms with Crippen LogP contribution in [-0.4, -0.2) is 40.4 Å². The lowest BCUT2D eigenvalue weighted by molar-refractivity contribution is -0.112. The Hall–Kier alpha value is -3.62. The minimum absolute atomic E-state index is 0.188. The second kappa shape index (κ2) is 17.8. The molecule has 1 aliphatic heterocycles. The summed E-state index contributed by atoms with van der Waals surface area (Å²) < 4.78 is 36.6. The van der Waals surface area contributed by atoms with E-state index < -0.39 is 6.18 Å². The molecule has 0 unspecified atom stereocenters. The van der Waals surface area contributed by atoms with Crippen molar-refractivity contribution in [3.63, 3.8) is 0 Å². The van der Waals surface area contributed by atoms with E-state index in [2.05, 4.69) is 53.2 Å². The van der Waals surface area contributed by atoms with Gasteiger partial charge in [0.25, 0.3) is 0 Å². The van der Waals surface area contributed by atoms with Crippen LogP contribution >= 0.6 is 0 Å². The third-order valence-corrected chi connectivity index (χ3v) is 4.54. The number of hydrogen-bond donors (Lipinski definition) is 1. The Morgan fingerprint density at radius 2 is 1.69 bits per heavy atom. The summed E-state index contributed by atoms with van der Waals surface area (Å²) in [6.07, 6.45) is 5.41. The van der Waals surface area contributed by atoms with Crippen molar-refractivity contribution in [3.8, 4) is 11.6 Å². The number of nitrogen functional groups attached to an aromatic ring is 1. The fourth-order valence-electron chi connectivity index (χ4n) is 3.07. The van der Waals surface area contributed by atoms with Gasteiger partial charge in [0, 0.05) is 43.4 Å². The SMILES string of the molecule is C/C=C\C(=C/C)N1CCC(C=O)CC1.C=C.CC(F)(F)F.Cc1cc(Oc2ccccc2)nc(N)n1. The van der Waals surface area contributed by atoms with Crippen LogP contribution < -0.4 is 10.5 Å². The number of rotatable bonds is 5. The zero-order valence-electron chi connectivity index (χ0n) is 21.5. The first-order valence-electron chi connectivity index (χ1n) is 11.5. The molecule has 1 aromatic carbocycles. The molecule has 0 spiro atoms. The van der Waals surface area contributed by atoms with E-state index >= 15 is 0 Å². The molecule has 0 bridgehead atoms. The van der Waals surface area contributed by atoms with Gasteiger partial charge in [-0.05, 0) is 51.8 Å². The van der Waals surface area contributed by atoms with Crippen molar-refractivity contribution in [3.05, 3.63) is 79.2 Å². The first-order chi connectivity index (χ1) is 17.0. The fourth-order valence-corrected chi connectivity index (χ4v) is 3.07. The third-order valence-electron chi connectivity index (χ3n) is 4.54. The van der Waals surface area contributed by atoms with Gasteiger partial charge in [0.2, 0.25) is 11.8 Å². The Morgan fingerprint density at radius 1 is 1.14 bits per heavy atom. The van der Waals surface area contributed by atoms with E-state index in [1.807, 2.05) is 44.2 Å². The molecule has 2 aromatic rings. The van der Waals surface area contributed by atoms with Crippen molar-refractivity contribution in [1.29, 1.82) is 0 Å². The molecule has 3 rings (SSSR count). The highest BCUT2D eigenvalue weighted by Gasteiger charge is 2.18. The van der Waals surface area contributed by atoms with Crippen LogP contribution in [0.25, 0.3) is 0 Å². The standard InChI is InChI=1S/C12H19NO.C11H11N3O.C2H3F3.C2H4/c1-3-5-12(4-2)13-8-6-11(10-14)7-9-13;1-8-7-10(14-11(12)13-8)15-9-5-3-2-4-6-9;1-2(3,4)5;1-2/h3-5,10-11H,6-9H2,1-2H3;2-7H,1H3,(H2,12,13,14);1H3;1-2H2/b5-3-,12-4+;;;. The molecule has 1 fully saturated rings. The number of aryl methyl sites for hydroxylation is 1. The summed E-state index contributed by atoms with van der Waals surface area (Å²) in [5, 5.41) is 0. The van der Waals surface area contributed by atoms with E-state index in [0.29, 0.717) is 5.88 Å². The van der Waals surface area contributed by atoms with Gasteiger partial charge < -0.3 is 20.2 Å². The number of alkyl halides is 3. The maximum Gasteiger partial charge on any atom is 0.386 e. The normalized spacial score (nSPS) is 13.9. The molecule has 0 amide bonds. The van der Waals surface area contributed by atoms with Crippen LogP contribution in [0.15, 0.2) is 73.5 Å². The zero-order chi connectivity index (χ0) is 27.6. The van der Waals surface area contributed by atoms with Crippen molar-refractivity contribution in [2.45, 2.75) is 46.7 Å². The highest BCUT2D eigenvalue weighted by atomic mass is 19.4. The van der Waals surface area contributed by atoms with Crippen LogP contribution in [0.4, 0.5) is 19.1 Å². The van der Waals surface area contributed by atoms with Gasteiger partial charge in [-0.25, -0.2) is 4.98 Å². The minimum atomic E-state index is -4.00. The summed E-state index contributed by atoms with van der Waals surface area (Å²) in [5.74, 6) is 1.71. The second-order valence-electron chi connectivity index (χ2n) is 7.58. The summed E-state index contributed by atoms with van der Waals surface area (Å²) in [4.78, 5) is 20.9. The number of likely N-dealkylation sites (tertiary alicyclic amines) is 1. The van der Waals surface area contributed by atoms with Crippen LogP contribution in [0.3, 0.4) is 0 Å². The summed E-state index contributed by atoms with van der Waals surface area (Å²) in [5.41, 5.74) is 7.57. The number of ether oxygens (including phenoxy) is 1. The topological polar surface area (TPSA) is 81.3 Å². The third kappa shape index (κ3) is 15.3. The number of allylic oxidation sites excluding steroid dienone is 3. The Balaban J connectivity index is 0.000000545. The van der Waals surface area contributed by atoms with Gasteiger partial charge in [0.1, 0.15) is 12.0 Å². The lowest BCUT2D eigenvalue weighted by atomic mass is 9.98. The molecule has 1 aliphatic rings. The molecule has 198 valence electrons. The van der Waals surface area contributed by atoms with E-state index in [1.165, 1.54) is 5.70 Å². The van der Waals surface area contributed by atoms with Crippen molar-refractivity contribution in [2.24, 2.45) is 5.92 Å². The number of nitrogens with two attached hydrogens (primary N) is 1. The number of aldehydes is 1. The van der Waals surface area contributed by atoms with Gasteiger partial charge >= 0.3 is 6.18 Å². The summed E-state index contributed by atoms with van der Waals surface area (Å²) in [6.45, 7) is 14.1. The number of carbonyl (C=O) groups excluding carboxylic acids is 1. The smallest absolute Gasteiger partial charge is 0.386 e. The maximum atomic E-state index is 10.6. The highest BCUT2D eigenvalue weighted by Crippen LogP contribution is 2.20. The van der Waals surface area contributed by atoms with Crippen LogP contribution in [0.5, 0.6) is 11.6 Å². The second-order valence-corrected chi connectivity index (χ2v) is 7.58. The molecule has 2 heterocycles. The van der Waals surface area contributed by atoms with Gasteiger partial charge in [-0.15, -0.1) is 13.2 Å². The van der Waals surface area contributed by atoms with Crippen molar-refractivity contribution in [2.75, 3.05) is 18.8 Å². The number of aromatic nitrogens is 2. The molecule has 36 heavy (non-hydrogen) atoms. The van der Waals surface area contributed by atoms with Gasteiger partial charge in [0.05, 0.1) is 0 Å². The van der Waals surface area contributed by atoms with Gasteiger partial charge in [-0.2, -0.15) is 18.2 Å². The molecule has 0 saturated carbocycles. The van der Waals surface area contributed by atoms with Crippen LogP contribution in [0, 0.1) is 12.8 Å². The summed E-state index contributed by atoms with van der Waals surface area (Å²) >= 11 is 0. The number of hydrogen-bond acceptors (Lipinski definition) is 6. The minimum Gasteiger partial charge on any atom is -0.439 e. The van der Waals surface area contributed by atoms with E-state index in [-0.39, 0.29) is 18.8 Å². The highest BCUT2D eigenvalue weighted by molar-refractivity contribution is 5.53. The number of benzene rings is 1. The molecule has 0 aliphatic carbocycles. The summed E-state index contributed by atoms with van der Waals surface area (Å²) in [7, 11) is 0. The Bertz CT molecular complexity index is 914. The number of carbonyl (C=O) groups is 1. The van der Waals surface area contributed by atoms with Crippen LogP contribution in [0.2, 0.25) is 0 Å². The lowest BCUT2D eigenvalue weighted by Gasteiger charge is -2.32. The summed E-state index contributed by atoms with van der Waals surface area (Å²) in [6, 6.07) is 11.2. The number of para-hydroxylation sites is 1. The molecular formula is C27H37F3N4O2. The number of halogens is 3. The van der Waals surface area contributed by atoms with E-state index in [1.54, 1.807) is 6.07 Å². The molecule has 1 aromatic heterocycles. The molecular weight excluding hydrogens is 469 g/mol. The van der Waals surface area contributed by atoms with Gasteiger partial charge in [-0.1, -0.05) is 30.4 Å². The van der Waals surface area contributed by atoms with Gasteiger partial charge in [-0.3, -0.25) is 0 Å². The maximum absolute atomic E-state index is 10.6. The monoisotopic (exact) mass is 506 g/mol. The quantitative estimate of drug-likeness (QED) is 0.270. The average Bonchev–Trinajstić information content (AvgIpc) is 2.83. The fraction of sp³-hybridized carbons (Fsp3) is 0.370.